The van der Waals surface area contributed by atoms with Crippen LogP contribution in [0.1, 0.15) is 25.3 Å². The maximum Gasteiger partial charge on any atom is 0.227 e. The summed E-state index contributed by atoms with van der Waals surface area (Å²) in [6.45, 7) is 2.60. The molecule has 2 saturated heterocycles. The van der Waals surface area contributed by atoms with Gasteiger partial charge in [0.1, 0.15) is 5.82 Å². The van der Waals surface area contributed by atoms with Crippen LogP contribution in [-0.2, 0) is 4.79 Å². The molecule has 2 aromatic heterocycles. The number of amides is 1. The van der Waals surface area contributed by atoms with Crippen molar-refractivity contribution in [2.45, 2.75) is 25.3 Å². The molecule has 1 atom stereocenters. The molecule has 2 aromatic rings. The normalized spacial score (nSPS) is 20.6. The zero-order valence-corrected chi connectivity index (χ0v) is 14.7. The van der Waals surface area contributed by atoms with Crippen molar-refractivity contribution >= 4 is 23.4 Å². The molecule has 0 bridgehead atoms. The van der Waals surface area contributed by atoms with Gasteiger partial charge in [-0.2, -0.15) is 10.1 Å². The minimum Gasteiger partial charge on any atom is -0.354 e. The molecule has 2 aliphatic rings. The van der Waals surface area contributed by atoms with E-state index < -0.39 is 0 Å². The number of anilines is 3. The monoisotopic (exact) mass is 341 g/mol. The Morgan fingerprint density at radius 3 is 2.92 bits per heavy atom. The molecular weight excluding hydrogens is 318 g/mol. The maximum absolute atomic E-state index is 11.9. The van der Waals surface area contributed by atoms with E-state index in [9.17, 15) is 4.79 Å². The van der Waals surface area contributed by atoms with Crippen LogP contribution in [0.25, 0.3) is 0 Å². The van der Waals surface area contributed by atoms with Gasteiger partial charge in [0, 0.05) is 52.5 Å². The summed E-state index contributed by atoms with van der Waals surface area (Å²) in [5, 5.41) is 4.51. The first-order valence-electron chi connectivity index (χ1n) is 8.71. The van der Waals surface area contributed by atoms with Crippen LogP contribution >= 0.6 is 0 Å². The van der Waals surface area contributed by atoms with E-state index in [4.69, 9.17) is 0 Å². The van der Waals surface area contributed by atoms with Crippen molar-refractivity contribution in [1.82, 2.24) is 19.7 Å². The summed E-state index contributed by atoms with van der Waals surface area (Å²) >= 11 is 0. The van der Waals surface area contributed by atoms with Crippen molar-refractivity contribution in [2.75, 3.05) is 48.4 Å². The molecule has 8 nitrogen and oxygen atoms in total. The van der Waals surface area contributed by atoms with E-state index in [1.54, 1.807) is 12.4 Å². The Bertz CT molecular complexity index is 772. The van der Waals surface area contributed by atoms with Crippen molar-refractivity contribution in [3.63, 3.8) is 0 Å². The lowest BCUT2D eigenvalue weighted by Gasteiger charge is -2.19. The van der Waals surface area contributed by atoms with E-state index in [1.165, 1.54) is 0 Å². The largest absolute Gasteiger partial charge is 0.354 e. The number of hydrogen-bond acceptors (Lipinski definition) is 6. The van der Waals surface area contributed by atoms with Crippen LogP contribution in [0.2, 0.25) is 0 Å². The number of hydrogen-bond donors (Lipinski definition) is 0. The van der Waals surface area contributed by atoms with E-state index in [0.29, 0.717) is 12.5 Å². The van der Waals surface area contributed by atoms with Crippen molar-refractivity contribution in [3.05, 3.63) is 24.7 Å². The molecule has 0 aromatic carbocycles. The fourth-order valence-electron chi connectivity index (χ4n) is 3.48. The molecule has 4 heterocycles. The minimum absolute atomic E-state index is 0.199. The Morgan fingerprint density at radius 1 is 1.28 bits per heavy atom. The van der Waals surface area contributed by atoms with E-state index in [0.717, 1.165) is 49.9 Å². The lowest BCUT2D eigenvalue weighted by Crippen LogP contribution is -2.24. The van der Waals surface area contributed by atoms with Crippen molar-refractivity contribution < 1.29 is 4.79 Å². The van der Waals surface area contributed by atoms with Crippen molar-refractivity contribution in [3.8, 4) is 0 Å². The first-order valence-corrected chi connectivity index (χ1v) is 8.71. The second kappa shape index (κ2) is 6.34. The molecule has 0 saturated carbocycles. The molecule has 2 aliphatic heterocycles. The van der Waals surface area contributed by atoms with Crippen LogP contribution in [0.15, 0.2) is 24.7 Å². The summed E-state index contributed by atoms with van der Waals surface area (Å²) in [5.74, 6) is 1.86. The van der Waals surface area contributed by atoms with Gasteiger partial charge in [-0.25, -0.2) is 4.98 Å². The highest BCUT2D eigenvalue weighted by atomic mass is 16.2. The second-order valence-corrected chi connectivity index (χ2v) is 6.83. The molecule has 0 aliphatic carbocycles. The second-order valence-electron chi connectivity index (χ2n) is 6.83. The average Bonchev–Trinajstić information content (AvgIpc) is 3.34. The molecule has 4 rings (SSSR count). The van der Waals surface area contributed by atoms with Crippen molar-refractivity contribution in [1.29, 1.82) is 0 Å². The predicted octanol–water partition coefficient (Wildman–Crippen LogP) is 1.32. The molecule has 1 amide bonds. The molecule has 0 spiro atoms. The summed E-state index contributed by atoms with van der Waals surface area (Å²) in [6.07, 6.45) is 8.20. The van der Waals surface area contributed by atoms with Crippen LogP contribution < -0.4 is 14.7 Å². The summed E-state index contributed by atoms with van der Waals surface area (Å²) in [4.78, 5) is 26.8. The standard InChI is InChI=1S/C17H23N7O/c1-21(2)17-18-7-5-15(20-17)22-9-6-13(11-22)24-12-14(10-19-24)23-8-3-4-16(23)25/h5,7,10,12-13H,3-4,6,8-9,11H2,1-2H3. The average molecular weight is 341 g/mol. The number of nitrogens with zero attached hydrogens (tertiary/aromatic N) is 7. The third-order valence-electron chi connectivity index (χ3n) is 4.86. The van der Waals surface area contributed by atoms with Gasteiger partial charge in [-0.3, -0.25) is 9.48 Å². The summed E-state index contributed by atoms with van der Waals surface area (Å²) in [7, 11) is 3.88. The fraction of sp³-hybridized carbons (Fsp3) is 0.529. The zero-order valence-electron chi connectivity index (χ0n) is 14.7. The van der Waals surface area contributed by atoms with Gasteiger partial charge in [-0.05, 0) is 18.9 Å². The van der Waals surface area contributed by atoms with Crippen LogP contribution in [0, 0.1) is 0 Å². The van der Waals surface area contributed by atoms with E-state index >= 15 is 0 Å². The van der Waals surface area contributed by atoms with Crippen LogP contribution in [0.4, 0.5) is 17.5 Å². The van der Waals surface area contributed by atoms with Gasteiger partial charge >= 0.3 is 0 Å². The predicted molar refractivity (Wildman–Crippen MR) is 96.0 cm³/mol. The highest BCUT2D eigenvalue weighted by Gasteiger charge is 2.28. The molecule has 1 unspecified atom stereocenters. The number of carbonyl (C=O) groups excluding carboxylic acids is 1. The summed E-state index contributed by atoms with van der Waals surface area (Å²) < 4.78 is 2.00. The van der Waals surface area contributed by atoms with E-state index in [2.05, 4.69) is 20.0 Å². The van der Waals surface area contributed by atoms with Crippen molar-refractivity contribution in [2.24, 2.45) is 0 Å². The Balaban J connectivity index is 1.47. The number of rotatable bonds is 4. The van der Waals surface area contributed by atoms with Gasteiger partial charge < -0.3 is 14.7 Å². The van der Waals surface area contributed by atoms with Crippen LogP contribution in [0.3, 0.4) is 0 Å². The first-order chi connectivity index (χ1) is 12.1. The molecular formula is C17H23N7O. The fourth-order valence-corrected chi connectivity index (χ4v) is 3.48. The third-order valence-corrected chi connectivity index (χ3v) is 4.86. The smallest absolute Gasteiger partial charge is 0.227 e. The lowest BCUT2D eigenvalue weighted by molar-refractivity contribution is -0.117. The van der Waals surface area contributed by atoms with Gasteiger partial charge in [-0.1, -0.05) is 0 Å². The highest BCUT2D eigenvalue weighted by molar-refractivity contribution is 5.95. The van der Waals surface area contributed by atoms with E-state index in [-0.39, 0.29) is 5.91 Å². The number of aromatic nitrogens is 4. The Morgan fingerprint density at radius 2 is 2.16 bits per heavy atom. The summed E-state index contributed by atoms with van der Waals surface area (Å²) in [6, 6.07) is 2.25. The quantitative estimate of drug-likeness (QED) is 0.835. The summed E-state index contributed by atoms with van der Waals surface area (Å²) in [5.41, 5.74) is 0.915. The lowest BCUT2D eigenvalue weighted by atomic mass is 10.3. The topological polar surface area (TPSA) is 70.4 Å². The van der Waals surface area contributed by atoms with Gasteiger partial charge in [-0.15, -0.1) is 0 Å². The van der Waals surface area contributed by atoms with Crippen LogP contribution in [0.5, 0.6) is 0 Å². The molecule has 0 radical (unpaired) electrons. The molecule has 25 heavy (non-hydrogen) atoms. The van der Waals surface area contributed by atoms with Crippen LogP contribution in [-0.4, -0.2) is 59.4 Å². The zero-order chi connectivity index (χ0) is 17.4. The third kappa shape index (κ3) is 3.04. The van der Waals surface area contributed by atoms with Gasteiger partial charge in [0.25, 0.3) is 0 Å². The maximum atomic E-state index is 11.9. The number of carbonyl (C=O) groups is 1. The Hall–Kier alpha value is -2.64. The molecule has 132 valence electrons. The van der Waals surface area contributed by atoms with Gasteiger partial charge in [0.15, 0.2) is 0 Å². The SMILES string of the molecule is CN(C)c1nccc(N2CCC(n3cc(N4CCCC4=O)cn3)C2)n1. The van der Waals surface area contributed by atoms with Gasteiger partial charge in [0.2, 0.25) is 11.9 Å². The minimum atomic E-state index is 0.199. The molecule has 2 fully saturated rings. The first kappa shape index (κ1) is 15.9. The Kier molecular flexibility index (Phi) is 4.03. The Labute approximate surface area is 147 Å². The molecule has 0 N–H and O–H groups in total. The van der Waals surface area contributed by atoms with E-state index in [1.807, 2.05) is 40.8 Å². The van der Waals surface area contributed by atoms with Gasteiger partial charge in [0.05, 0.1) is 17.9 Å². The molecule has 8 heteroatoms. The highest BCUT2D eigenvalue weighted by Crippen LogP contribution is 2.28.